The lowest BCUT2D eigenvalue weighted by atomic mass is 10.2. The zero-order chi connectivity index (χ0) is 20.1. The van der Waals surface area contributed by atoms with Crippen molar-refractivity contribution < 1.29 is 24.2 Å². The third-order valence-electron chi connectivity index (χ3n) is 4.81. The first-order chi connectivity index (χ1) is 13.6. The highest BCUT2D eigenvalue weighted by atomic mass is 35.5. The summed E-state index contributed by atoms with van der Waals surface area (Å²) in [6.07, 6.45) is 0. The number of benzene rings is 1. The predicted molar refractivity (Wildman–Crippen MR) is 104 cm³/mol. The summed E-state index contributed by atoms with van der Waals surface area (Å²) in [5.74, 6) is -0.271. The predicted octanol–water partition coefficient (Wildman–Crippen LogP) is 0.645. The topological polar surface area (TPSA) is 82.6 Å². The Hall–Kier alpha value is -2.13. The van der Waals surface area contributed by atoms with Crippen molar-refractivity contribution in [1.82, 2.24) is 9.80 Å². The Morgan fingerprint density at radius 3 is 2.32 bits per heavy atom. The molecular weight excluding hydrogens is 386 g/mol. The summed E-state index contributed by atoms with van der Waals surface area (Å²) in [4.78, 5) is 30.7. The summed E-state index contributed by atoms with van der Waals surface area (Å²) in [6, 6.07) is 6.71. The molecule has 1 fully saturated rings. The van der Waals surface area contributed by atoms with Crippen LogP contribution in [0.2, 0.25) is 0 Å². The first-order valence-electron chi connectivity index (χ1n) is 9.15. The molecule has 0 unspecified atom stereocenters. The Kier molecular flexibility index (Phi) is 6.90. The number of carbonyl (C=O) groups is 2. The van der Waals surface area contributed by atoms with Gasteiger partial charge in [0.05, 0.1) is 32.6 Å². The maximum Gasteiger partial charge on any atom is 0.283 e. The fourth-order valence-electron chi connectivity index (χ4n) is 3.29. The molecule has 0 aromatic heterocycles. The maximum atomic E-state index is 12.9. The van der Waals surface area contributed by atoms with Gasteiger partial charge in [0.15, 0.2) is 0 Å². The fourth-order valence-corrected chi connectivity index (χ4v) is 3.57. The molecule has 1 aromatic carbocycles. The number of halogens is 1. The minimum Gasteiger partial charge on any atom is -0.497 e. The average molecular weight is 410 g/mol. The van der Waals surface area contributed by atoms with Crippen LogP contribution in [0.1, 0.15) is 0 Å². The molecule has 0 aliphatic carbocycles. The Bertz CT molecular complexity index is 744. The van der Waals surface area contributed by atoms with Gasteiger partial charge >= 0.3 is 0 Å². The third kappa shape index (κ3) is 4.30. The Morgan fingerprint density at radius 1 is 1.04 bits per heavy atom. The largest absolute Gasteiger partial charge is 0.497 e. The van der Waals surface area contributed by atoms with Gasteiger partial charge in [-0.25, -0.2) is 4.90 Å². The number of aliphatic hydroxyl groups excluding tert-OH is 1. The third-order valence-corrected chi connectivity index (χ3v) is 5.15. The molecule has 8 nitrogen and oxygen atoms in total. The quantitative estimate of drug-likeness (QED) is 0.498. The lowest BCUT2D eigenvalue weighted by molar-refractivity contribution is -0.121. The van der Waals surface area contributed by atoms with Crippen LogP contribution in [0, 0.1) is 0 Å². The van der Waals surface area contributed by atoms with Gasteiger partial charge in [0.2, 0.25) is 0 Å². The lowest BCUT2D eigenvalue weighted by Gasteiger charge is -2.36. The van der Waals surface area contributed by atoms with E-state index in [0.717, 1.165) is 24.5 Å². The van der Waals surface area contributed by atoms with E-state index in [0.29, 0.717) is 37.7 Å². The van der Waals surface area contributed by atoms with Gasteiger partial charge < -0.3 is 19.5 Å². The number of aliphatic hydroxyl groups is 1. The highest BCUT2D eigenvalue weighted by Crippen LogP contribution is 2.32. The molecule has 1 aromatic rings. The van der Waals surface area contributed by atoms with Crippen molar-refractivity contribution in [1.29, 1.82) is 0 Å². The van der Waals surface area contributed by atoms with Crippen molar-refractivity contribution in [2.24, 2.45) is 0 Å². The molecule has 2 aliphatic rings. The number of methoxy groups -OCH3 is 1. The number of amides is 2. The minimum atomic E-state index is -0.508. The van der Waals surface area contributed by atoms with E-state index in [-0.39, 0.29) is 17.3 Å². The van der Waals surface area contributed by atoms with E-state index >= 15 is 0 Å². The molecule has 0 atom stereocenters. The zero-order valence-electron chi connectivity index (χ0n) is 15.8. The summed E-state index contributed by atoms with van der Waals surface area (Å²) in [5.41, 5.74) is 0.724. The minimum absolute atomic E-state index is 0.0151. The van der Waals surface area contributed by atoms with Gasteiger partial charge in [0.1, 0.15) is 16.5 Å². The Morgan fingerprint density at radius 2 is 1.71 bits per heavy atom. The second-order valence-electron chi connectivity index (χ2n) is 6.47. The first-order valence-corrected chi connectivity index (χ1v) is 9.53. The van der Waals surface area contributed by atoms with Gasteiger partial charge in [-0.15, -0.1) is 0 Å². The molecular formula is C19H24ClN3O5. The summed E-state index contributed by atoms with van der Waals surface area (Å²) in [7, 11) is 1.55. The maximum absolute atomic E-state index is 12.9. The second kappa shape index (κ2) is 9.38. The number of hydrogen-bond donors (Lipinski definition) is 1. The van der Waals surface area contributed by atoms with Crippen molar-refractivity contribution in [2.45, 2.75) is 0 Å². The highest BCUT2D eigenvalue weighted by Gasteiger charge is 2.41. The van der Waals surface area contributed by atoms with E-state index in [2.05, 4.69) is 4.90 Å². The molecule has 1 N–H and O–H groups in total. The summed E-state index contributed by atoms with van der Waals surface area (Å²) in [6.45, 7) is 4.32. The van der Waals surface area contributed by atoms with Crippen molar-refractivity contribution in [3.63, 3.8) is 0 Å². The van der Waals surface area contributed by atoms with E-state index in [9.17, 15) is 9.59 Å². The highest BCUT2D eigenvalue weighted by molar-refractivity contribution is 6.52. The van der Waals surface area contributed by atoms with Crippen LogP contribution in [-0.2, 0) is 14.3 Å². The SMILES string of the molecule is COc1ccc(N2C(=O)C(Cl)=C(N3CCN(CCOCCO)CC3)C2=O)cc1. The van der Waals surface area contributed by atoms with Crippen LogP contribution >= 0.6 is 11.6 Å². The lowest BCUT2D eigenvalue weighted by Crippen LogP contribution is -2.48. The molecule has 152 valence electrons. The van der Waals surface area contributed by atoms with E-state index in [1.807, 2.05) is 4.90 Å². The van der Waals surface area contributed by atoms with Crippen LogP contribution in [0.15, 0.2) is 35.0 Å². The molecule has 9 heteroatoms. The van der Waals surface area contributed by atoms with Crippen LogP contribution < -0.4 is 9.64 Å². The first kappa shape index (κ1) is 20.6. The molecule has 0 bridgehead atoms. The van der Waals surface area contributed by atoms with E-state index in [4.69, 9.17) is 26.2 Å². The number of anilines is 1. The number of ether oxygens (including phenoxy) is 2. The zero-order valence-corrected chi connectivity index (χ0v) is 16.5. The van der Waals surface area contributed by atoms with E-state index in [1.54, 1.807) is 31.4 Å². The standard InChI is InChI=1S/C19H24ClN3O5/c1-27-15-4-2-14(3-5-15)23-18(25)16(20)17(19(23)26)22-8-6-21(7-9-22)10-12-28-13-11-24/h2-5,24H,6-13H2,1H3. The number of rotatable bonds is 8. The van der Waals surface area contributed by atoms with Crippen LogP contribution in [-0.4, -0.2) is 86.4 Å². The molecule has 2 aliphatic heterocycles. The van der Waals surface area contributed by atoms with Gasteiger partial charge in [-0.1, -0.05) is 11.6 Å². The monoisotopic (exact) mass is 409 g/mol. The molecule has 0 radical (unpaired) electrons. The van der Waals surface area contributed by atoms with Gasteiger partial charge in [-0.05, 0) is 24.3 Å². The number of carbonyl (C=O) groups excluding carboxylic acids is 2. The van der Waals surface area contributed by atoms with Gasteiger partial charge in [-0.2, -0.15) is 0 Å². The summed E-state index contributed by atoms with van der Waals surface area (Å²) < 4.78 is 10.4. The summed E-state index contributed by atoms with van der Waals surface area (Å²) >= 11 is 6.26. The second-order valence-corrected chi connectivity index (χ2v) is 6.85. The van der Waals surface area contributed by atoms with Crippen LogP contribution in [0.25, 0.3) is 0 Å². The molecule has 3 rings (SSSR count). The van der Waals surface area contributed by atoms with E-state index in [1.165, 1.54) is 0 Å². The number of imide groups is 1. The van der Waals surface area contributed by atoms with Crippen LogP contribution in [0.5, 0.6) is 5.75 Å². The average Bonchev–Trinajstić information content (AvgIpc) is 2.94. The molecule has 1 saturated heterocycles. The number of piperazine rings is 1. The summed E-state index contributed by atoms with van der Waals surface area (Å²) in [5, 5.41) is 8.69. The molecule has 28 heavy (non-hydrogen) atoms. The molecule has 2 heterocycles. The smallest absolute Gasteiger partial charge is 0.283 e. The van der Waals surface area contributed by atoms with Gasteiger partial charge in [0.25, 0.3) is 11.8 Å². The van der Waals surface area contributed by atoms with Crippen LogP contribution in [0.4, 0.5) is 5.69 Å². The fraction of sp³-hybridized carbons (Fsp3) is 0.474. The van der Waals surface area contributed by atoms with Crippen molar-refractivity contribution >= 4 is 29.1 Å². The van der Waals surface area contributed by atoms with E-state index < -0.39 is 11.8 Å². The molecule has 2 amide bonds. The van der Waals surface area contributed by atoms with Crippen molar-refractivity contribution in [3.8, 4) is 5.75 Å². The van der Waals surface area contributed by atoms with Gasteiger partial charge in [-0.3, -0.25) is 14.5 Å². The van der Waals surface area contributed by atoms with Crippen molar-refractivity contribution in [2.75, 3.05) is 64.6 Å². The molecule has 0 saturated carbocycles. The molecule has 0 spiro atoms. The van der Waals surface area contributed by atoms with Gasteiger partial charge in [0, 0.05) is 32.7 Å². The van der Waals surface area contributed by atoms with Crippen LogP contribution in [0.3, 0.4) is 0 Å². The number of nitrogens with zero attached hydrogens (tertiary/aromatic N) is 3. The number of hydrogen-bond acceptors (Lipinski definition) is 7. The van der Waals surface area contributed by atoms with Crippen molar-refractivity contribution in [3.05, 3.63) is 35.0 Å². The Labute approximate surface area is 168 Å². The Balaban J connectivity index is 1.63. The normalized spacial score (nSPS) is 18.4.